The molecule has 6 rings (SSSR count). The van der Waals surface area contributed by atoms with Crippen molar-refractivity contribution in [2.24, 2.45) is 0 Å². The highest BCUT2D eigenvalue weighted by Crippen LogP contribution is 2.34. The molecule has 0 bridgehead atoms. The second-order valence-corrected chi connectivity index (χ2v) is 11.2. The van der Waals surface area contributed by atoms with Crippen molar-refractivity contribution >= 4 is 32.7 Å². The normalized spacial score (nSPS) is 13.7. The molecule has 0 atom stereocenters. The number of anilines is 1. The van der Waals surface area contributed by atoms with E-state index in [-0.39, 0.29) is 17.2 Å². The number of aromatic nitrogens is 4. The van der Waals surface area contributed by atoms with E-state index in [9.17, 15) is 22.0 Å². The molecule has 0 unspecified atom stereocenters. The number of nitrogens with zero attached hydrogens (tertiary/aromatic N) is 4. The van der Waals surface area contributed by atoms with E-state index >= 15 is 0 Å². The molecule has 0 spiro atoms. The van der Waals surface area contributed by atoms with E-state index in [1.54, 1.807) is 35.4 Å². The van der Waals surface area contributed by atoms with Gasteiger partial charge in [0.15, 0.2) is 0 Å². The Labute approximate surface area is 216 Å². The average Bonchev–Trinajstić information content (AvgIpc) is 3.47. The van der Waals surface area contributed by atoms with Crippen LogP contribution >= 0.6 is 0 Å². The summed E-state index contributed by atoms with van der Waals surface area (Å²) in [4.78, 5) is 16.1. The SMILES string of the molecule is CC(=O)n1cc(-c2ccc3c(c2)ncn3-c2cc(NS(=O)(=O)C3CC3)cc(-c3ccc(F)cc3F)c2)cn1. The van der Waals surface area contributed by atoms with Gasteiger partial charge in [0, 0.05) is 36.0 Å². The molecule has 0 saturated heterocycles. The molecule has 1 saturated carbocycles. The number of rotatable bonds is 6. The first-order chi connectivity index (χ1) is 18.2. The quantitative estimate of drug-likeness (QED) is 0.315. The first kappa shape index (κ1) is 24.0. The minimum atomic E-state index is -3.58. The van der Waals surface area contributed by atoms with Crippen LogP contribution in [-0.4, -0.2) is 38.9 Å². The fourth-order valence-electron chi connectivity index (χ4n) is 4.36. The van der Waals surface area contributed by atoms with Crippen LogP contribution < -0.4 is 4.72 Å². The van der Waals surface area contributed by atoms with Crippen LogP contribution in [0.2, 0.25) is 0 Å². The van der Waals surface area contributed by atoms with Crippen molar-refractivity contribution < 1.29 is 22.0 Å². The zero-order valence-electron chi connectivity index (χ0n) is 20.1. The Bertz CT molecular complexity index is 1840. The number of halogens is 2. The molecule has 11 heteroatoms. The van der Waals surface area contributed by atoms with Crippen LogP contribution in [0.5, 0.6) is 0 Å². The topological polar surface area (TPSA) is 98.9 Å². The van der Waals surface area contributed by atoms with Gasteiger partial charge in [0.25, 0.3) is 0 Å². The molecule has 1 N–H and O–H groups in total. The summed E-state index contributed by atoms with van der Waals surface area (Å²) >= 11 is 0. The molecule has 0 radical (unpaired) electrons. The molecular weight excluding hydrogens is 512 g/mol. The van der Waals surface area contributed by atoms with E-state index < -0.39 is 26.9 Å². The van der Waals surface area contributed by atoms with Gasteiger partial charge in [-0.1, -0.05) is 6.07 Å². The molecular formula is C27H21F2N5O3S. The number of imidazole rings is 1. The summed E-state index contributed by atoms with van der Waals surface area (Å²) in [5, 5.41) is 3.62. The van der Waals surface area contributed by atoms with E-state index in [1.807, 2.05) is 18.2 Å². The first-order valence-corrected chi connectivity index (χ1v) is 13.4. The summed E-state index contributed by atoms with van der Waals surface area (Å²) in [6.45, 7) is 1.42. The van der Waals surface area contributed by atoms with Crippen molar-refractivity contribution in [3.8, 4) is 27.9 Å². The second-order valence-electron chi connectivity index (χ2n) is 9.25. The van der Waals surface area contributed by atoms with Crippen molar-refractivity contribution in [2.75, 3.05) is 4.72 Å². The largest absolute Gasteiger partial charge is 0.299 e. The van der Waals surface area contributed by atoms with E-state index in [0.29, 0.717) is 29.6 Å². The highest BCUT2D eigenvalue weighted by atomic mass is 32.2. The van der Waals surface area contributed by atoms with Gasteiger partial charge in [-0.05, 0) is 66.4 Å². The summed E-state index contributed by atoms with van der Waals surface area (Å²) in [6, 6.07) is 13.7. The summed E-state index contributed by atoms with van der Waals surface area (Å²) in [5.41, 5.74) is 4.26. The molecule has 0 aliphatic heterocycles. The van der Waals surface area contributed by atoms with Crippen LogP contribution in [0.4, 0.5) is 14.5 Å². The third-order valence-electron chi connectivity index (χ3n) is 6.45. The molecule has 38 heavy (non-hydrogen) atoms. The van der Waals surface area contributed by atoms with Gasteiger partial charge in [0.2, 0.25) is 15.9 Å². The number of benzene rings is 3. The Hall–Kier alpha value is -4.38. The summed E-state index contributed by atoms with van der Waals surface area (Å²) < 4.78 is 59.2. The molecule has 2 heterocycles. The van der Waals surface area contributed by atoms with Crippen molar-refractivity contribution in [1.82, 2.24) is 19.3 Å². The molecule has 8 nitrogen and oxygen atoms in total. The van der Waals surface area contributed by atoms with Crippen LogP contribution in [0.3, 0.4) is 0 Å². The van der Waals surface area contributed by atoms with Crippen molar-refractivity contribution in [3.05, 3.63) is 85.0 Å². The van der Waals surface area contributed by atoms with E-state index in [4.69, 9.17) is 0 Å². The lowest BCUT2D eigenvalue weighted by Crippen LogP contribution is -2.17. The lowest BCUT2D eigenvalue weighted by molar-refractivity contribution is 0.0921. The molecule has 192 valence electrons. The maximum atomic E-state index is 14.7. The van der Waals surface area contributed by atoms with Gasteiger partial charge in [-0.2, -0.15) is 5.10 Å². The van der Waals surface area contributed by atoms with Gasteiger partial charge in [0.1, 0.15) is 18.0 Å². The molecule has 3 aromatic carbocycles. The Morgan fingerprint density at radius 3 is 2.53 bits per heavy atom. The molecule has 1 fully saturated rings. The minimum absolute atomic E-state index is 0.134. The number of nitrogens with one attached hydrogen (secondary N) is 1. The third kappa shape index (κ3) is 4.45. The number of fused-ring (bicyclic) bond motifs is 1. The number of hydrogen-bond acceptors (Lipinski definition) is 5. The number of carbonyl (C=O) groups excluding carboxylic acids is 1. The van der Waals surface area contributed by atoms with Crippen molar-refractivity contribution in [2.45, 2.75) is 25.0 Å². The summed E-state index contributed by atoms with van der Waals surface area (Å²) in [6.07, 6.45) is 6.01. The highest BCUT2D eigenvalue weighted by molar-refractivity contribution is 7.93. The van der Waals surface area contributed by atoms with E-state index in [0.717, 1.165) is 28.8 Å². The highest BCUT2D eigenvalue weighted by Gasteiger charge is 2.35. The average molecular weight is 534 g/mol. The van der Waals surface area contributed by atoms with Gasteiger partial charge in [0.05, 0.1) is 28.2 Å². The third-order valence-corrected chi connectivity index (χ3v) is 8.32. The lowest BCUT2D eigenvalue weighted by Gasteiger charge is -2.14. The Kier molecular flexibility index (Phi) is 5.60. The lowest BCUT2D eigenvalue weighted by atomic mass is 10.0. The Morgan fingerprint density at radius 1 is 1.00 bits per heavy atom. The van der Waals surface area contributed by atoms with Crippen molar-refractivity contribution in [1.29, 1.82) is 0 Å². The smallest absolute Gasteiger partial charge is 0.243 e. The molecule has 1 aliphatic carbocycles. The first-order valence-electron chi connectivity index (χ1n) is 11.8. The Balaban J connectivity index is 1.45. The van der Waals surface area contributed by atoms with Crippen LogP contribution in [-0.2, 0) is 10.0 Å². The standard InChI is InChI=1S/C27H21F2N5O3S/c1-16(35)34-14-19(13-31-34)17-2-7-27-26(10-17)30-15-33(27)22-9-18(24-6-3-20(28)11-25(24)29)8-21(12-22)32-38(36,37)23-4-5-23/h2-3,6-15,23,32H,4-5H2,1H3. The summed E-state index contributed by atoms with van der Waals surface area (Å²) in [7, 11) is -3.58. The Morgan fingerprint density at radius 2 is 1.82 bits per heavy atom. The van der Waals surface area contributed by atoms with Gasteiger partial charge < -0.3 is 0 Å². The summed E-state index contributed by atoms with van der Waals surface area (Å²) in [5.74, 6) is -1.67. The van der Waals surface area contributed by atoms with Gasteiger partial charge in [-0.15, -0.1) is 0 Å². The van der Waals surface area contributed by atoms with Gasteiger partial charge >= 0.3 is 0 Å². The zero-order valence-corrected chi connectivity index (χ0v) is 20.9. The predicted octanol–water partition coefficient (Wildman–Crippen LogP) is 5.40. The second kappa shape index (κ2) is 8.88. The van der Waals surface area contributed by atoms with Crippen LogP contribution in [0.15, 0.2) is 73.3 Å². The van der Waals surface area contributed by atoms with E-state index in [1.165, 1.54) is 23.7 Å². The van der Waals surface area contributed by atoms with E-state index in [2.05, 4.69) is 14.8 Å². The van der Waals surface area contributed by atoms with Crippen LogP contribution in [0.25, 0.3) is 39.0 Å². The van der Waals surface area contributed by atoms with Crippen LogP contribution in [0.1, 0.15) is 24.6 Å². The molecule has 1 aliphatic rings. The molecule has 0 amide bonds. The fraction of sp³-hybridized carbons (Fsp3) is 0.148. The fourth-order valence-corrected chi connectivity index (χ4v) is 5.73. The maximum Gasteiger partial charge on any atom is 0.243 e. The van der Waals surface area contributed by atoms with Gasteiger partial charge in [-0.25, -0.2) is 26.9 Å². The van der Waals surface area contributed by atoms with Gasteiger partial charge in [-0.3, -0.25) is 14.1 Å². The number of hydrogen-bond donors (Lipinski definition) is 1. The zero-order chi connectivity index (χ0) is 26.6. The minimum Gasteiger partial charge on any atom is -0.299 e. The number of carbonyl (C=O) groups is 1. The maximum absolute atomic E-state index is 14.7. The monoisotopic (exact) mass is 533 g/mol. The molecule has 2 aromatic heterocycles. The molecule has 5 aromatic rings. The predicted molar refractivity (Wildman–Crippen MR) is 140 cm³/mol. The van der Waals surface area contributed by atoms with Crippen LogP contribution in [0, 0.1) is 11.6 Å². The number of sulfonamides is 1. The van der Waals surface area contributed by atoms with Crippen molar-refractivity contribution in [3.63, 3.8) is 0 Å².